The van der Waals surface area contributed by atoms with Gasteiger partial charge in [0.05, 0.1) is 0 Å². The van der Waals surface area contributed by atoms with Crippen LogP contribution in [0, 0.1) is 13.8 Å². The van der Waals surface area contributed by atoms with Crippen molar-refractivity contribution in [2.45, 2.75) is 51.6 Å². The molecule has 2 N–H and O–H groups in total. The van der Waals surface area contributed by atoms with E-state index in [0.717, 1.165) is 16.8 Å². The van der Waals surface area contributed by atoms with Gasteiger partial charge in [0.2, 0.25) is 5.91 Å². The molecule has 1 saturated carbocycles. The molecule has 96 valence electrons. The monoisotopic (exact) mass is 244 g/mol. The van der Waals surface area contributed by atoms with Crippen molar-refractivity contribution in [3.63, 3.8) is 0 Å². The van der Waals surface area contributed by atoms with E-state index in [9.17, 15) is 4.79 Å². The normalized spacial score (nSPS) is 23.2. The smallest absolute Gasteiger partial charge is 0.246 e. The molecule has 1 fully saturated rings. The van der Waals surface area contributed by atoms with Crippen LogP contribution in [0.2, 0.25) is 0 Å². The summed E-state index contributed by atoms with van der Waals surface area (Å²) in [7, 11) is 0. The highest BCUT2D eigenvalue weighted by atomic mass is 16.2. The van der Waals surface area contributed by atoms with Crippen LogP contribution in [0.15, 0.2) is 12.1 Å². The van der Waals surface area contributed by atoms with Crippen molar-refractivity contribution in [2.24, 2.45) is 0 Å². The average Bonchev–Trinajstić information content (AvgIpc) is 2.95. The maximum absolute atomic E-state index is 12.1. The fourth-order valence-electron chi connectivity index (χ4n) is 3.18. The van der Waals surface area contributed by atoms with Crippen molar-refractivity contribution in [3.8, 4) is 0 Å². The van der Waals surface area contributed by atoms with Crippen LogP contribution < -0.4 is 10.6 Å². The third kappa shape index (κ3) is 1.83. The van der Waals surface area contributed by atoms with Gasteiger partial charge in [-0.05, 0) is 37.8 Å². The Morgan fingerprint density at radius 1 is 1.17 bits per heavy atom. The number of anilines is 1. The maximum Gasteiger partial charge on any atom is 0.246 e. The van der Waals surface area contributed by atoms with Crippen molar-refractivity contribution in [1.29, 1.82) is 0 Å². The van der Waals surface area contributed by atoms with E-state index in [0.29, 0.717) is 6.04 Å². The molecule has 1 atom stereocenters. The number of nitrogens with one attached hydrogen (secondary N) is 2. The third-order valence-corrected chi connectivity index (χ3v) is 4.23. The van der Waals surface area contributed by atoms with E-state index in [4.69, 9.17) is 0 Å². The Labute approximate surface area is 108 Å². The van der Waals surface area contributed by atoms with Gasteiger partial charge in [0.25, 0.3) is 0 Å². The number of fused-ring (bicyclic) bond motifs is 1. The van der Waals surface area contributed by atoms with Crippen LogP contribution in [0.25, 0.3) is 0 Å². The van der Waals surface area contributed by atoms with E-state index in [1.54, 1.807) is 0 Å². The number of carbonyl (C=O) groups excluding carboxylic acids is 1. The molecule has 0 aromatic heterocycles. The molecular formula is C15H20N2O. The molecule has 1 aliphatic carbocycles. The average molecular weight is 244 g/mol. The summed E-state index contributed by atoms with van der Waals surface area (Å²) in [6, 6.07) is 4.54. The predicted molar refractivity (Wildman–Crippen MR) is 72.7 cm³/mol. The minimum Gasteiger partial charge on any atom is -0.324 e. The molecule has 1 amide bonds. The molecule has 3 rings (SSSR count). The molecule has 1 aromatic rings. The van der Waals surface area contributed by atoms with Crippen molar-refractivity contribution >= 4 is 11.6 Å². The molecule has 1 heterocycles. The fraction of sp³-hybridized carbons (Fsp3) is 0.533. The summed E-state index contributed by atoms with van der Waals surface area (Å²) in [5.74, 6) is 0.106. The van der Waals surface area contributed by atoms with E-state index >= 15 is 0 Å². The Morgan fingerprint density at radius 3 is 2.56 bits per heavy atom. The summed E-state index contributed by atoms with van der Waals surface area (Å²) in [6.45, 7) is 4.14. The summed E-state index contributed by atoms with van der Waals surface area (Å²) in [6.07, 6.45) is 4.96. The lowest BCUT2D eigenvalue weighted by atomic mass is 9.98. The predicted octanol–water partition coefficient (Wildman–Crippen LogP) is 2.83. The molecule has 2 aliphatic rings. The number of carbonyl (C=O) groups is 1. The largest absolute Gasteiger partial charge is 0.324 e. The van der Waals surface area contributed by atoms with Crippen LogP contribution >= 0.6 is 0 Å². The molecule has 18 heavy (non-hydrogen) atoms. The lowest BCUT2D eigenvalue weighted by Gasteiger charge is -2.18. The van der Waals surface area contributed by atoms with Crippen LogP contribution in [0.5, 0.6) is 0 Å². The van der Waals surface area contributed by atoms with Crippen molar-refractivity contribution < 1.29 is 4.79 Å². The molecule has 0 radical (unpaired) electrons. The van der Waals surface area contributed by atoms with E-state index in [1.165, 1.54) is 31.2 Å². The minimum absolute atomic E-state index is 0.106. The molecule has 1 aromatic carbocycles. The number of rotatable bonds is 2. The summed E-state index contributed by atoms with van der Waals surface area (Å²) in [4.78, 5) is 12.1. The molecular weight excluding hydrogens is 224 g/mol. The fourth-order valence-corrected chi connectivity index (χ4v) is 3.18. The van der Waals surface area contributed by atoms with Crippen LogP contribution in [-0.4, -0.2) is 11.9 Å². The van der Waals surface area contributed by atoms with Crippen molar-refractivity contribution in [3.05, 3.63) is 28.8 Å². The van der Waals surface area contributed by atoms with Crippen LogP contribution in [0.3, 0.4) is 0 Å². The molecule has 0 spiro atoms. The Kier molecular flexibility index (Phi) is 2.86. The van der Waals surface area contributed by atoms with Crippen molar-refractivity contribution in [2.75, 3.05) is 5.32 Å². The Morgan fingerprint density at radius 2 is 1.83 bits per heavy atom. The summed E-state index contributed by atoms with van der Waals surface area (Å²) in [5, 5.41) is 6.57. The molecule has 3 nitrogen and oxygen atoms in total. The second-order valence-corrected chi connectivity index (χ2v) is 5.56. The summed E-state index contributed by atoms with van der Waals surface area (Å²) in [5.41, 5.74) is 4.53. The van der Waals surface area contributed by atoms with Gasteiger partial charge in [-0.1, -0.05) is 25.0 Å². The van der Waals surface area contributed by atoms with E-state index < -0.39 is 0 Å². The zero-order valence-electron chi connectivity index (χ0n) is 11.0. The van der Waals surface area contributed by atoms with Gasteiger partial charge in [0.1, 0.15) is 6.04 Å². The topological polar surface area (TPSA) is 41.1 Å². The Hall–Kier alpha value is -1.35. The van der Waals surface area contributed by atoms with Gasteiger partial charge < -0.3 is 5.32 Å². The first-order valence-electron chi connectivity index (χ1n) is 6.84. The molecule has 0 saturated heterocycles. The van der Waals surface area contributed by atoms with Gasteiger partial charge in [-0.2, -0.15) is 0 Å². The van der Waals surface area contributed by atoms with Gasteiger partial charge in [-0.3, -0.25) is 10.1 Å². The van der Waals surface area contributed by atoms with Gasteiger partial charge in [-0.15, -0.1) is 0 Å². The number of hydrogen-bond donors (Lipinski definition) is 2. The lowest BCUT2D eigenvalue weighted by molar-refractivity contribution is -0.117. The van der Waals surface area contributed by atoms with Crippen LogP contribution in [0.4, 0.5) is 5.69 Å². The second-order valence-electron chi connectivity index (χ2n) is 5.56. The SMILES string of the molecule is Cc1ccc(C)c2c1NC(=O)C2NC1CCCC1. The first-order chi connectivity index (χ1) is 8.66. The Balaban J connectivity index is 1.93. The second kappa shape index (κ2) is 4.39. The van der Waals surface area contributed by atoms with Crippen LogP contribution in [-0.2, 0) is 4.79 Å². The third-order valence-electron chi connectivity index (χ3n) is 4.23. The van der Waals surface area contributed by atoms with Gasteiger partial charge >= 0.3 is 0 Å². The molecule has 1 unspecified atom stereocenters. The Bertz CT molecular complexity index is 490. The highest BCUT2D eigenvalue weighted by molar-refractivity contribution is 6.03. The molecule has 1 aliphatic heterocycles. The zero-order chi connectivity index (χ0) is 12.7. The lowest BCUT2D eigenvalue weighted by Crippen LogP contribution is -2.34. The quantitative estimate of drug-likeness (QED) is 0.840. The zero-order valence-corrected chi connectivity index (χ0v) is 11.0. The highest BCUT2D eigenvalue weighted by Gasteiger charge is 2.34. The number of aryl methyl sites for hydroxylation is 2. The summed E-state index contributed by atoms with van der Waals surface area (Å²) < 4.78 is 0. The molecule has 0 bridgehead atoms. The molecule has 3 heteroatoms. The standard InChI is InChI=1S/C15H20N2O/c1-9-7-8-10(2)13-12(9)14(15(18)17-13)16-11-5-3-4-6-11/h7-8,11,14,16H,3-6H2,1-2H3,(H,17,18). The number of hydrogen-bond acceptors (Lipinski definition) is 2. The van der Waals surface area contributed by atoms with Gasteiger partial charge in [0, 0.05) is 17.3 Å². The number of amides is 1. The number of benzene rings is 1. The highest BCUT2D eigenvalue weighted by Crippen LogP contribution is 2.37. The van der Waals surface area contributed by atoms with Gasteiger partial charge in [0.15, 0.2) is 0 Å². The first kappa shape index (κ1) is 11.7. The van der Waals surface area contributed by atoms with E-state index in [2.05, 4.69) is 36.6 Å². The van der Waals surface area contributed by atoms with Gasteiger partial charge in [-0.25, -0.2) is 0 Å². The summed E-state index contributed by atoms with van der Waals surface area (Å²) >= 11 is 0. The first-order valence-corrected chi connectivity index (χ1v) is 6.84. The minimum atomic E-state index is -0.150. The van der Waals surface area contributed by atoms with Crippen molar-refractivity contribution in [1.82, 2.24) is 5.32 Å². The van der Waals surface area contributed by atoms with Crippen LogP contribution in [0.1, 0.15) is 48.4 Å². The van der Waals surface area contributed by atoms with E-state index in [-0.39, 0.29) is 11.9 Å². The van der Waals surface area contributed by atoms with E-state index in [1.807, 2.05) is 0 Å². The maximum atomic E-state index is 12.1.